The van der Waals surface area contributed by atoms with Crippen LogP contribution in [0.3, 0.4) is 0 Å². The van der Waals surface area contributed by atoms with Crippen molar-refractivity contribution in [3.8, 4) is 11.5 Å². The Morgan fingerprint density at radius 1 is 1.05 bits per heavy atom. The molecular formula is C13H9Br2ClO3. The van der Waals surface area contributed by atoms with Gasteiger partial charge in [0.2, 0.25) is 0 Å². The lowest BCUT2D eigenvalue weighted by molar-refractivity contribution is 0.171. The van der Waals surface area contributed by atoms with Crippen LogP contribution in [-0.4, -0.2) is 13.2 Å². The van der Waals surface area contributed by atoms with E-state index in [0.717, 1.165) is 27.1 Å². The van der Waals surface area contributed by atoms with Crippen molar-refractivity contribution in [2.45, 2.75) is 5.38 Å². The molecular weight excluding hydrogens is 399 g/mol. The van der Waals surface area contributed by atoms with Crippen molar-refractivity contribution in [3.63, 3.8) is 0 Å². The van der Waals surface area contributed by atoms with Gasteiger partial charge in [0.05, 0.1) is 11.6 Å². The van der Waals surface area contributed by atoms with Crippen LogP contribution in [0.2, 0.25) is 0 Å². The van der Waals surface area contributed by atoms with E-state index in [9.17, 15) is 0 Å². The molecule has 0 aliphatic carbocycles. The maximum Gasteiger partial charge on any atom is 0.173 e. The highest BCUT2D eigenvalue weighted by Crippen LogP contribution is 2.43. The Kier molecular flexibility index (Phi) is 3.78. The van der Waals surface area contributed by atoms with Gasteiger partial charge in [0.15, 0.2) is 16.2 Å². The molecule has 0 bridgehead atoms. The van der Waals surface area contributed by atoms with Gasteiger partial charge in [0.1, 0.15) is 13.2 Å². The van der Waals surface area contributed by atoms with Gasteiger partial charge in [-0.1, -0.05) is 15.9 Å². The maximum atomic E-state index is 6.51. The van der Waals surface area contributed by atoms with Crippen molar-refractivity contribution in [2.24, 2.45) is 0 Å². The Labute approximate surface area is 132 Å². The Morgan fingerprint density at radius 2 is 1.74 bits per heavy atom. The summed E-state index contributed by atoms with van der Waals surface area (Å²) in [6, 6.07) is 5.62. The number of hydrogen-bond acceptors (Lipinski definition) is 3. The van der Waals surface area contributed by atoms with Gasteiger partial charge in [0.25, 0.3) is 0 Å². The minimum Gasteiger partial charge on any atom is -0.486 e. The standard InChI is InChI=1S/C13H9Br2ClO3/c14-9-6-11-10(17-3-4-18-11)5-8(9)12(16)7-1-2-19-13(7)15/h1-2,5-6,12H,3-4H2. The van der Waals surface area contributed by atoms with Gasteiger partial charge < -0.3 is 13.9 Å². The zero-order valence-electron chi connectivity index (χ0n) is 9.66. The summed E-state index contributed by atoms with van der Waals surface area (Å²) >= 11 is 13.4. The zero-order valence-corrected chi connectivity index (χ0v) is 13.6. The number of rotatable bonds is 2. The van der Waals surface area contributed by atoms with Crippen LogP contribution in [0, 0.1) is 0 Å². The van der Waals surface area contributed by atoms with E-state index in [0.29, 0.717) is 17.9 Å². The average molecular weight is 408 g/mol. The molecule has 2 heterocycles. The summed E-state index contributed by atoms with van der Waals surface area (Å²) in [7, 11) is 0. The second-order valence-corrected chi connectivity index (χ2v) is 6.04. The largest absolute Gasteiger partial charge is 0.486 e. The molecule has 2 aromatic rings. The average Bonchev–Trinajstić information content (AvgIpc) is 2.83. The topological polar surface area (TPSA) is 31.6 Å². The summed E-state index contributed by atoms with van der Waals surface area (Å²) in [5, 5.41) is -0.335. The van der Waals surface area contributed by atoms with Crippen molar-refractivity contribution in [2.75, 3.05) is 13.2 Å². The first-order valence-electron chi connectivity index (χ1n) is 5.63. The summed E-state index contributed by atoms with van der Waals surface area (Å²) in [6.07, 6.45) is 1.60. The number of furan rings is 1. The molecule has 1 aromatic heterocycles. The van der Waals surface area contributed by atoms with Crippen LogP contribution in [0.5, 0.6) is 11.5 Å². The van der Waals surface area contributed by atoms with Gasteiger partial charge in [-0.05, 0) is 39.7 Å². The van der Waals surface area contributed by atoms with E-state index in [2.05, 4.69) is 31.9 Å². The highest BCUT2D eigenvalue weighted by Gasteiger charge is 2.22. The SMILES string of the molecule is ClC(c1cc2c(cc1Br)OCCO2)c1ccoc1Br. The monoisotopic (exact) mass is 406 g/mol. The van der Waals surface area contributed by atoms with E-state index in [1.807, 2.05) is 18.2 Å². The van der Waals surface area contributed by atoms with Gasteiger partial charge >= 0.3 is 0 Å². The summed E-state index contributed by atoms with van der Waals surface area (Å²) in [4.78, 5) is 0. The summed E-state index contributed by atoms with van der Waals surface area (Å²) < 4.78 is 17.8. The number of fused-ring (bicyclic) bond motifs is 1. The van der Waals surface area contributed by atoms with Gasteiger partial charge in [0, 0.05) is 10.0 Å². The normalized spacial score (nSPS) is 15.3. The molecule has 0 spiro atoms. The van der Waals surface area contributed by atoms with Crippen LogP contribution in [0.4, 0.5) is 0 Å². The first-order chi connectivity index (χ1) is 9.16. The van der Waals surface area contributed by atoms with Crippen LogP contribution >= 0.6 is 43.5 Å². The van der Waals surface area contributed by atoms with Crippen LogP contribution in [0.25, 0.3) is 0 Å². The summed E-state index contributed by atoms with van der Waals surface area (Å²) in [5.41, 5.74) is 1.78. The number of alkyl halides is 1. The molecule has 3 nitrogen and oxygen atoms in total. The summed E-state index contributed by atoms with van der Waals surface area (Å²) in [5.74, 6) is 1.45. The van der Waals surface area contributed by atoms with Gasteiger partial charge in [-0.25, -0.2) is 0 Å². The molecule has 1 aliphatic rings. The first-order valence-corrected chi connectivity index (χ1v) is 7.65. The Bertz CT molecular complexity index is 612. The fourth-order valence-electron chi connectivity index (χ4n) is 1.93. The molecule has 19 heavy (non-hydrogen) atoms. The molecule has 0 amide bonds. The number of ether oxygens (including phenoxy) is 2. The van der Waals surface area contributed by atoms with Crippen molar-refractivity contribution in [3.05, 3.63) is 44.7 Å². The zero-order chi connectivity index (χ0) is 13.4. The van der Waals surface area contributed by atoms with Crippen LogP contribution in [0.1, 0.15) is 16.5 Å². The lowest BCUT2D eigenvalue weighted by atomic mass is 10.1. The predicted molar refractivity (Wildman–Crippen MR) is 79.2 cm³/mol. The molecule has 1 unspecified atom stereocenters. The van der Waals surface area contributed by atoms with E-state index in [4.69, 9.17) is 25.5 Å². The van der Waals surface area contributed by atoms with Crippen molar-refractivity contribution >= 4 is 43.5 Å². The molecule has 0 fully saturated rings. The molecule has 3 rings (SSSR count). The third-order valence-electron chi connectivity index (χ3n) is 2.85. The number of hydrogen-bond donors (Lipinski definition) is 0. The quantitative estimate of drug-likeness (QED) is 0.662. The third-order valence-corrected chi connectivity index (χ3v) is 4.66. The highest BCUT2D eigenvalue weighted by molar-refractivity contribution is 9.10. The minimum absolute atomic E-state index is 0.335. The fraction of sp³-hybridized carbons (Fsp3) is 0.231. The molecule has 0 saturated heterocycles. The van der Waals surface area contributed by atoms with E-state index < -0.39 is 0 Å². The third kappa shape index (κ3) is 2.51. The number of benzene rings is 1. The fourth-order valence-corrected chi connectivity index (χ4v) is 3.56. The molecule has 0 radical (unpaired) electrons. The number of halogens is 3. The molecule has 0 N–H and O–H groups in total. The lowest BCUT2D eigenvalue weighted by Crippen LogP contribution is -2.15. The minimum atomic E-state index is -0.335. The smallest absolute Gasteiger partial charge is 0.173 e. The molecule has 6 heteroatoms. The van der Waals surface area contributed by atoms with Crippen LogP contribution < -0.4 is 9.47 Å². The predicted octanol–water partition coefficient (Wildman–Crippen LogP) is 4.90. The Morgan fingerprint density at radius 3 is 2.37 bits per heavy atom. The molecule has 100 valence electrons. The van der Waals surface area contributed by atoms with Crippen LogP contribution in [0.15, 0.2) is 38.0 Å². The molecule has 1 aliphatic heterocycles. The Balaban J connectivity index is 2.03. The van der Waals surface area contributed by atoms with E-state index >= 15 is 0 Å². The first kappa shape index (κ1) is 13.3. The second kappa shape index (κ2) is 5.38. The van der Waals surface area contributed by atoms with Gasteiger partial charge in [-0.2, -0.15) is 0 Å². The lowest BCUT2D eigenvalue weighted by Gasteiger charge is -2.21. The highest BCUT2D eigenvalue weighted by atomic mass is 79.9. The van der Waals surface area contributed by atoms with E-state index in [1.54, 1.807) is 6.26 Å². The Hall–Kier alpha value is -0.650. The van der Waals surface area contributed by atoms with E-state index in [1.165, 1.54) is 0 Å². The van der Waals surface area contributed by atoms with Crippen LogP contribution in [-0.2, 0) is 0 Å². The summed E-state index contributed by atoms with van der Waals surface area (Å²) in [6.45, 7) is 1.12. The van der Waals surface area contributed by atoms with E-state index in [-0.39, 0.29) is 5.38 Å². The molecule has 1 aromatic carbocycles. The van der Waals surface area contributed by atoms with Gasteiger partial charge in [-0.3, -0.25) is 0 Å². The van der Waals surface area contributed by atoms with Crippen molar-refractivity contribution in [1.29, 1.82) is 0 Å². The molecule has 1 atom stereocenters. The van der Waals surface area contributed by atoms with Gasteiger partial charge in [-0.15, -0.1) is 11.6 Å². The van der Waals surface area contributed by atoms with Crippen molar-refractivity contribution in [1.82, 2.24) is 0 Å². The second-order valence-electron chi connectivity index (χ2n) is 4.03. The molecule has 0 saturated carbocycles. The van der Waals surface area contributed by atoms with Crippen molar-refractivity contribution < 1.29 is 13.9 Å². The maximum absolute atomic E-state index is 6.51.